The van der Waals surface area contributed by atoms with Gasteiger partial charge in [-0.05, 0) is 18.6 Å². The first-order valence-electron chi connectivity index (χ1n) is 5.04. The highest BCUT2D eigenvalue weighted by atomic mass is 35.5. The van der Waals surface area contributed by atoms with Crippen LogP contribution in [0.1, 0.15) is 18.4 Å². The fourth-order valence-corrected chi connectivity index (χ4v) is 2.73. The Bertz CT molecular complexity index is 454. The quantitative estimate of drug-likeness (QED) is 0.677. The van der Waals surface area contributed by atoms with Crippen molar-refractivity contribution in [2.24, 2.45) is 4.99 Å². The zero-order valence-corrected chi connectivity index (χ0v) is 9.65. The molecule has 1 aromatic carbocycles. The summed E-state index contributed by atoms with van der Waals surface area (Å²) in [7, 11) is 0. The normalized spacial score (nSPS) is 18.5. The van der Waals surface area contributed by atoms with E-state index in [0.717, 1.165) is 35.8 Å². The lowest BCUT2D eigenvalue weighted by atomic mass is 10.1. The number of nitrogens with zero attached hydrogens (tertiary/aromatic N) is 2. The number of aliphatic imine (C=N–C) groups is 1. The first kappa shape index (κ1) is 9.49. The lowest BCUT2D eigenvalue weighted by molar-refractivity contribution is 0.443. The largest absolute Gasteiger partial charge is 0.356 e. The number of amidine groups is 1. The minimum atomic E-state index is 0.662. The van der Waals surface area contributed by atoms with Crippen LogP contribution in [0.15, 0.2) is 17.1 Å². The molecule has 0 amide bonds. The molecule has 0 atom stereocenters. The summed E-state index contributed by atoms with van der Waals surface area (Å²) in [6.07, 6.45) is 2.27. The van der Waals surface area contributed by atoms with Crippen molar-refractivity contribution >= 4 is 34.7 Å². The number of fused-ring (bicyclic) bond motifs is 2. The van der Waals surface area contributed by atoms with Crippen LogP contribution in [0.5, 0.6) is 0 Å². The van der Waals surface area contributed by atoms with Gasteiger partial charge in [0.2, 0.25) is 0 Å². The van der Waals surface area contributed by atoms with E-state index in [9.17, 15) is 0 Å². The van der Waals surface area contributed by atoms with Gasteiger partial charge in [0, 0.05) is 35.1 Å². The van der Waals surface area contributed by atoms with Gasteiger partial charge in [-0.1, -0.05) is 23.2 Å². The van der Waals surface area contributed by atoms with Crippen LogP contribution in [-0.2, 0) is 6.54 Å². The zero-order valence-electron chi connectivity index (χ0n) is 8.13. The van der Waals surface area contributed by atoms with Gasteiger partial charge < -0.3 is 4.90 Å². The van der Waals surface area contributed by atoms with E-state index in [0.29, 0.717) is 5.02 Å². The molecule has 1 fully saturated rings. The molecular formula is C11H10Cl2N2. The van der Waals surface area contributed by atoms with Crippen molar-refractivity contribution in [3.05, 3.63) is 27.7 Å². The van der Waals surface area contributed by atoms with Gasteiger partial charge in [-0.15, -0.1) is 0 Å². The summed E-state index contributed by atoms with van der Waals surface area (Å²) < 4.78 is 0. The van der Waals surface area contributed by atoms with Crippen LogP contribution in [-0.4, -0.2) is 17.3 Å². The maximum Gasteiger partial charge on any atom is 0.105 e. The summed E-state index contributed by atoms with van der Waals surface area (Å²) in [5, 5.41) is 1.39. The van der Waals surface area contributed by atoms with Crippen molar-refractivity contribution in [1.29, 1.82) is 0 Å². The van der Waals surface area contributed by atoms with Crippen molar-refractivity contribution in [1.82, 2.24) is 4.90 Å². The molecule has 0 unspecified atom stereocenters. The summed E-state index contributed by atoms with van der Waals surface area (Å²) in [6, 6.07) is 3.68. The van der Waals surface area contributed by atoms with Gasteiger partial charge in [0.05, 0.1) is 5.69 Å². The topological polar surface area (TPSA) is 15.6 Å². The van der Waals surface area contributed by atoms with Gasteiger partial charge in [-0.25, -0.2) is 4.99 Å². The Labute approximate surface area is 98.5 Å². The van der Waals surface area contributed by atoms with E-state index in [2.05, 4.69) is 9.89 Å². The van der Waals surface area contributed by atoms with Gasteiger partial charge >= 0.3 is 0 Å². The molecule has 0 bridgehead atoms. The van der Waals surface area contributed by atoms with Crippen LogP contribution in [0.25, 0.3) is 0 Å². The Morgan fingerprint density at radius 3 is 3.00 bits per heavy atom. The van der Waals surface area contributed by atoms with Crippen LogP contribution >= 0.6 is 23.2 Å². The Morgan fingerprint density at radius 2 is 2.13 bits per heavy atom. The van der Waals surface area contributed by atoms with Crippen molar-refractivity contribution in [2.45, 2.75) is 19.4 Å². The predicted octanol–water partition coefficient (Wildman–Crippen LogP) is 3.63. The molecule has 2 aliphatic rings. The number of benzene rings is 1. The van der Waals surface area contributed by atoms with Gasteiger partial charge in [0.25, 0.3) is 0 Å². The monoisotopic (exact) mass is 240 g/mol. The number of rotatable bonds is 0. The molecule has 2 heterocycles. The summed E-state index contributed by atoms with van der Waals surface area (Å²) >= 11 is 12.1. The summed E-state index contributed by atoms with van der Waals surface area (Å²) in [5.74, 6) is 1.18. The average molecular weight is 241 g/mol. The van der Waals surface area contributed by atoms with Gasteiger partial charge in [0.15, 0.2) is 0 Å². The number of hydrogen-bond donors (Lipinski definition) is 0. The smallest absolute Gasteiger partial charge is 0.105 e. The van der Waals surface area contributed by atoms with E-state index in [1.807, 2.05) is 6.07 Å². The molecule has 3 rings (SSSR count). The Balaban J connectivity index is 2.15. The summed E-state index contributed by atoms with van der Waals surface area (Å²) in [5.41, 5.74) is 2.05. The molecule has 0 saturated carbocycles. The van der Waals surface area contributed by atoms with Crippen LogP contribution in [0, 0.1) is 0 Å². The number of halogens is 2. The van der Waals surface area contributed by atoms with Gasteiger partial charge in [0.1, 0.15) is 5.84 Å². The Morgan fingerprint density at radius 1 is 1.27 bits per heavy atom. The van der Waals surface area contributed by atoms with Crippen molar-refractivity contribution in [3.8, 4) is 0 Å². The highest BCUT2D eigenvalue weighted by Crippen LogP contribution is 2.36. The molecule has 1 aromatic rings. The lowest BCUT2D eigenvalue weighted by Gasteiger charge is -2.25. The van der Waals surface area contributed by atoms with Gasteiger partial charge in [-0.3, -0.25) is 0 Å². The Hall–Kier alpha value is -0.730. The standard InChI is InChI=1S/C11H10Cl2N2/c12-7-4-9(13)8-6-15-3-1-2-11(15)14-10(8)5-7/h4-5H,1-3,6H2. The van der Waals surface area contributed by atoms with Crippen molar-refractivity contribution < 1.29 is 0 Å². The second-order valence-corrected chi connectivity index (χ2v) is 4.78. The van der Waals surface area contributed by atoms with E-state index in [4.69, 9.17) is 23.2 Å². The van der Waals surface area contributed by atoms with E-state index < -0.39 is 0 Å². The lowest BCUT2D eigenvalue weighted by Crippen LogP contribution is -2.26. The summed E-state index contributed by atoms with van der Waals surface area (Å²) in [4.78, 5) is 6.90. The third-order valence-corrected chi connectivity index (χ3v) is 3.48. The molecule has 4 heteroatoms. The van der Waals surface area contributed by atoms with E-state index in [1.165, 1.54) is 12.3 Å². The molecular weight excluding hydrogens is 231 g/mol. The SMILES string of the molecule is Clc1cc(Cl)c2c(c1)N=C1CCCN1C2. The van der Waals surface area contributed by atoms with Crippen LogP contribution in [0.2, 0.25) is 10.0 Å². The maximum absolute atomic E-state index is 6.16. The second-order valence-electron chi connectivity index (χ2n) is 3.94. The van der Waals surface area contributed by atoms with E-state index in [1.54, 1.807) is 6.07 Å². The molecule has 1 saturated heterocycles. The minimum absolute atomic E-state index is 0.662. The third-order valence-electron chi connectivity index (χ3n) is 2.93. The molecule has 2 nitrogen and oxygen atoms in total. The van der Waals surface area contributed by atoms with Crippen LogP contribution in [0.4, 0.5) is 5.69 Å². The maximum atomic E-state index is 6.16. The van der Waals surface area contributed by atoms with Crippen molar-refractivity contribution in [3.63, 3.8) is 0 Å². The molecule has 0 spiro atoms. The average Bonchev–Trinajstić information content (AvgIpc) is 2.61. The zero-order chi connectivity index (χ0) is 10.4. The third kappa shape index (κ3) is 1.52. The fraction of sp³-hybridized carbons (Fsp3) is 0.364. The van der Waals surface area contributed by atoms with Crippen LogP contribution in [0.3, 0.4) is 0 Å². The molecule has 2 aliphatic heterocycles. The van der Waals surface area contributed by atoms with Crippen LogP contribution < -0.4 is 0 Å². The molecule has 15 heavy (non-hydrogen) atoms. The molecule has 0 aromatic heterocycles. The molecule has 0 aliphatic carbocycles. The van der Waals surface area contributed by atoms with Crippen molar-refractivity contribution in [2.75, 3.05) is 6.54 Å². The highest BCUT2D eigenvalue weighted by molar-refractivity contribution is 6.35. The number of hydrogen-bond acceptors (Lipinski definition) is 2. The second kappa shape index (κ2) is 3.39. The molecule has 0 radical (unpaired) electrons. The van der Waals surface area contributed by atoms with E-state index in [-0.39, 0.29) is 0 Å². The molecule has 0 N–H and O–H groups in total. The molecule has 78 valence electrons. The van der Waals surface area contributed by atoms with E-state index >= 15 is 0 Å². The minimum Gasteiger partial charge on any atom is -0.356 e. The predicted molar refractivity (Wildman–Crippen MR) is 63.2 cm³/mol. The Kier molecular flexibility index (Phi) is 2.15. The highest BCUT2D eigenvalue weighted by Gasteiger charge is 2.25. The van der Waals surface area contributed by atoms with Gasteiger partial charge in [-0.2, -0.15) is 0 Å². The summed E-state index contributed by atoms with van der Waals surface area (Å²) in [6.45, 7) is 1.97. The fourth-order valence-electron chi connectivity index (χ4n) is 2.19. The first-order valence-corrected chi connectivity index (χ1v) is 5.80. The first-order chi connectivity index (χ1) is 7.24.